The molecule has 1 rings (SSSR count). The molecule has 0 bridgehead atoms. The smallest absolute Gasteiger partial charge is 0.0723 e. The lowest BCUT2D eigenvalue weighted by atomic mass is 9.81. The predicted molar refractivity (Wildman–Crippen MR) is 42.6 cm³/mol. The van der Waals surface area contributed by atoms with Gasteiger partial charge in [0.15, 0.2) is 0 Å². The predicted octanol–water partition coefficient (Wildman–Crippen LogP) is 1.47. The third-order valence-electron chi connectivity index (χ3n) is 2.36. The van der Waals surface area contributed by atoms with Gasteiger partial charge in [0.1, 0.15) is 0 Å². The molecule has 1 N–H and O–H groups in total. The van der Waals surface area contributed by atoms with Crippen molar-refractivity contribution < 1.29 is 5.11 Å². The van der Waals surface area contributed by atoms with Crippen molar-refractivity contribution in [3.8, 4) is 6.07 Å². The summed E-state index contributed by atoms with van der Waals surface area (Å²) < 4.78 is 0. The van der Waals surface area contributed by atoms with E-state index in [1.54, 1.807) is 0 Å². The summed E-state index contributed by atoms with van der Waals surface area (Å²) in [5, 5.41) is 18.0. The van der Waals surface area contributed by atoms with Crippen LogP contribution in [0.3, 0.4) is 0 Å². The number of hydrogen-bond acceptors (Lipinski definition) is 2. The minimum absolute atomic E-state index is 0.147. The van der Waals surface area contributed by atoms with Gasteiger partial charge in [-0.05, 0) is 25.2 Å². The van der Waals surface area contributed by atoms with Gasteiger partial charge >= 0.3 is 0 Å². The van der Waals surface area contributed by atoms with E-state index >= 15 is 0 Å². The minimum atomic E-state index is -0.434. The van der Waals surface area contributed by atoms with Gasteiger partial charge in [-0.25, -0.2) is 0 Å². The number of allylic oxidation sites excluding steroid dienone is 1. The molecule has 1 unspecified atom stereocenters. The Hall–Kier alpha value is -0.810. The van der Waals surface area contributed by atoms with E-state index in [4.69, 9.17) is 5.26 Å². The van der Waals surface area contributed by atoms with Crippen LogP contribution in [0.15, 0.2) is 12.7 Å². The van der Waals surface area contributed by atoms with Crippen LogP contribution in [0.1, 0.15) is 19.3 Å². The number of nitriles is 1. The van der Waals surface area contributed by atoms with Crippen LogP contribution in [-0.2, 0) is 0 Å². The first-order valence-electron chi connectivity index (χ1n) is 3.98. The molecule has 0 aromatic carbocycles. The molecule has 0 saturated heterocycles. The molecular formula is C9H13NO. The maximum atomic E-state index is 9.40. The van der Waals surface area contributed by atoms with Gasteiger partial charge in [0.25, 0.3) is 0 Å². The van der Waals surface area contributed by atoms with Crippen molar-refractivity contribution in [1.82, 2.24) is 0 Å². The zero-order valence-corrected chi connectivity index (χ0v) is 6.53. The van der Waals surface area contributed by atoms with Crippen molar-refractivity contribution >= 4 is 0 Å². The third kappa shape index (κ3) is 1.81. The zero-order valence-electron chi connectivity index (χ0n) is 6.53. The van der Waals surface area contributed by atoms with Crippen LogP contribution in [0.4, 0.5) is 0 Å². The Bertz CT molecular complexity index is 182. The van der Waals surface area contributed by atoms with Gasteiger partial charge in [-0.3, -0.25) is 0 Å². The van der Waals surface area contributed by atoms with Crippen LogP contribution >= 0.6 is 0 Å². The van der Waals surface area contributed by atoms with E-state index in [1.807, 2.05) is 6.08 Å². The molecule has 1 fully saturated rings. The third-order valence-corrected chi connectivity index (χ3v) is 2.36. The maximum Gasteiger partial charge on any atom is 0.0723 e. The van der Waals surface area contributed by atoms with Crippen molar-refractivity contribution in [3.05, 3.63) is 12.7 Å². The fraction of sp³-hybridized carbons (Fsp3) is 0.667. The van der Waals surface area contributed by atoms with E-state index in [2.05, 4.69) is 12.6 Å². The Kier molecular flexibility index (Phi) is 2.67. The molecule has 0 spiro atoms. The molecule has 0 aromatic rings. The molecule has 0 aromatic heterocycles. The summed E-state index contributed by atoms with van der Waals surface area (Å²) in [7, 11) is 0. The average molecular weight is 151 g/mol. The number of hydrogen-bond donors (Lipinski definition) is 1. The van der Waals surface area contributed by atoms with Gasteiger partial charge in [-0.2, -0.15) is 5.26 Å². The summed E-state index contributed by atoms with van der Waals surface area (Å²) >= 11 is 0. The van der Waals surface area contributed by atoms with Crippen molar-refractivity contribution in [2.24, 2.45) is 11.8 Å². The Labute approximate surface area is 67.2 Å². The van der Waals surface area contributed by atoms with E-state index in [1.165, 1.54) is 0 Å². The average Bonchev–Trinajstić information content (AvgIpc) is 2.04. The Morgan fingerprint density at radius 1 is 1.55 bits per heavy atom. The highest BCUT2D eigenvalue weighted by Crippen LogP contribution is 2.28. The zero-order chi connectivity index (χ0) is 8.27. The van der Waals surface area contributed by atoms with Crippen molar-refractivity contribution in [3.63, 3.8) is 0 Å². The van der Waals surface area contributed by atoms with Crippen molar-refractivity contribution in [2.75, 3.05) is 0 Å². The molecule has 11 heavy (non-hydrogen) atoms. The highest BCUT2D eigenvalue weighted by molar-refractivity contribution is 4.96. The largest absolute Gasteiger partial charge is 0.392 e. The van der Waals surface area contributed by atoms with Gasteiger partial charge in [0.05, 0.1) is 18.1 Å². The van der Waals surface area contributed by atoms with Gasteiger partial charge in [0, 0.05) is 0 Å². The van der Waals surface area contributed by atoms with Gasteiger partial charge in [-0.15, -0.1) is 6.58 Å². The Morgan fingerprint density at radius 2 is 2.27 bits per heavy atom. The second-order valence-electron chi connectivity index (χ2n) is 3.11. The van der Waals surface area contributed by atoms with Crippen LogP contribution in [0.5, 0.6) is 0 Å². The fourth-order valence-electron chi connectivity index (χ4n) is 1.54. The standard InChI is InChI=1S/C9H13NO/c1-2-7-3-4-8(6-10)9(11)5-7/h2,7-9,11H,1,3-5H2/t7?,8-,9+/m0/s1. The summed E-state index contributed by atoms with van der Waals surface area (Å²) in [4.78, 5) is 0. The summed E-state index contributed by atoms with van der Waals surface area (Å²) in [6.07, 6.45) is 3.96. The second-order valence-corrected chi connectivity index (χ2v) is 3.11. The van der Waals surface area contributed by atoms with E-state index in [0.29, 0.717) is 12.3 Å². The first kappa shape index (κ1) is 8.29. The van der Waals surface area contributed by atoms with Crippen LogP contribution in [0.25, 0.3) is 0 Å². The lowest BCUT2D eigenvalue weighted by molar-refractivity contribution is 0.0800. The molecule has 2 nitrogen and oxygen atoms in total. The molecule has 0 radical (unpaired) electrons. The maximum absolute atomic E-state index is 9.40. The second kappa shape index (κ2) is 3.54. The molecule has 60 valence electrons. The number of aliphatic hydroxyl groups is 1. The number of aliphatic hydroxyl groups excluding tert-OH is 1. The molecule has 1 saturated carbocycles. The van der Waals surface area contributed by atoms with E-state index in [-0.39, 0.29) is 5.92 Å². The molecule has 3 atom stereocenters. The van der Waals surface area contributed by atoms with Crippen LogP contribution in [-0.4, -0.2) is 11.2 Å². The number of rotatable bonds is 1. The highest BCUT2D eigenvalue weighted by Gasteiger charge is 2.27. The minimum Gasteiger partial charge on any atom is -0.392 e. The van der Waals surface area contributed by atoms with Crippen LogP contribution in [0, 0.1) is 23.2 Å². The van der Waals surface area contributed by atoms with Gasteiger partial charge < -0.3 is 5.11 Å². The van der Waals surface area contributed by atoms with E-state index in [9.17, 15) is 5.11 Å². The van der Waals surface area contributed by atoms with Gasteiger partial charge in [0.2, 0.25) is 0 Å². The molecule has 0 aliphatic heterocycles. The SMILES string of the molecule is C=CC1CC[C@@H](C#N)[C@H](O)C1. The monoisotopic (exact) mass is 151 g/mol. The van der Waals surface area contributed by atoms with Crippen LogP contribution < -0.4 is 0 Å². The summed E-state index contributed by atoms with van der Waals surface area (Å²) in [5.41, 5.74) is 0. The number of nitrogens with zero attached hydrogens (tertiary/aromatic N) is 1. The first-order valence-corrected chi connectivity index (χ1v) is 3.98. The Morgan fingerprint density at radius 3 is 2.73 bits per heavy atom. The molecule has 2 heteroatoms. The normalized spacial score (nSPS) is 37.6. The van der Waals surface area contributed by atoms with Gasteiger partial charge in [-0.1, -0.05) is 6.08 Å². The fourth-order valence-corrected chi connectivity index (χ4v) is 1.54. The van der Waals surface area contributed by atoms with Crippen molar-refractivity contribution in [1.29, 1.82) is 5.26 Å². The van der Waals surface area contributed by atoms with Crippen molar-refractivity contribution in [2.45, 2.75) is 25.4 Å². The molecular weight excluding hydrogens is 138 g/mol. The van der Waals surface area contributed by atoms with E-state index in [0.717, 1.165) is 12.8 Å². The summed E-state index contributed by atoms with van der Waals surface area (Å²) in [6.45, 7) is 3.68. The molecule has 0 amide bonds. The quantitative estimate of drug-likeness (QED) is 0.577. The molecule has 1 aliphatic carbocycles. The summed E-state index contributed by atoms with van der Waals surface area (Å²) in [5.74, 6) is 0.265. The highest BCUT2D eigenvalue weighted by atomic mass is 16.3. The lowest BCUT2D eigenvalue weighted by Crippen LogP contribution is -2.27. The molecule has 0 heterocycles. The van der Waals surface area contributed by atoms with E-state index < -0.39 is 6.10 Å². The molecule has 1 aliphatic rings. The summed E-state index contributed by atoms with van der Waals surface area (Å²) in [6, 6.07) is 2.11. The topological polar surface area (TPSA) is 44.0 Å². The Balaban J connectivity index is 2.48. The van der Waals surface area contributed by atoms with Crippen LogP contribution in [0.2, 0.25) is 0 Å². The first-order chi connectivity index (χ1) is 5.27. The lowest BCUT2D eigenvalue weighted by Gasteiger charge is -2.27.